The predicted molar refractivity (Wildman–Crippen MR) is 210 cm³/mol. The summed E-state index contributed by atoms with van der Waals surface area (Å²) in [5.74, 6) is -0.421. The Kier molecular flexibility index (Phi) is 16.3. The average Bonchev–Trinajstić information content (AvgIpc) is 3.68. The van der Waals surface area contributed by atoms with E-state index in [1.54, 1.807) is 42.3 Å². The molecule has 0 aliphatic rings. The molecule has 0 aliphatic carbocycles. The number of amides is 4. The van der Waals surface area contributed by atoms with E-state index < -0.39 is 42.1 Å². The number of nitrogens with one attached hydrogen (secondary N) is 4. The van der Waals surface area contributed by atoms with Gasteiger partial charge in [-0.2, -0.15) is 0 Å². The number of hydrogen-bond acceptors (Lipinski definition) is 9. The Bertz CT molecular complexity index is 1800. The van der Waals surface area contributed by atoms with Crippen LogP contribution in [0.15, 0.2) is 77.6 Å². The second-order valence-corrected chi connectivity index (χ2v) is 14.8. The molecule has 13 heteroatoms. The second kappa shape index (κ2) is 21.0. The summed E-state index contributed by atoms with van der Waals surface area (Å²) in [6.07, 6.45) is -0.686. The summed E-state index contributed by atoms with van der Waals surface area (Å²) in [5, 5.41) is 26.2. The van der Waals surface area contributed by atoms with Gasteiger partial charge in [-0.3, -0.25) is 14.4 Å². The molecule has 5 atom stereocenters. The zero-order chi connectivity index (χ0) is 39.0. The Morgan fingerprint density at radius 1 is 0.870 bits per heavy atom. The molecule has 290 valence electrons. The molecule has 4 rings (SSSR count). The van der Waals surface area contributed by atoms with Crippen molar-refractivity contribution in [3.05, 3.63) is 94.4 Å². The normalized spacial score (nSPS) is 14.0. The van der Waals surface area contributed by atoms with Gasteiger partial charge in [-0.15, -0.1) is 11.3 Å². The summed E-state index contributed by atoms with van der Waals surface area (Å²) in [5.41, 5.74) is 3.77. The molecule has 0 saturated carbocycles. The summed E-state index contributed by atoms with van der Waals surface area (Å²) < 4.78 is 10.7. The van der Waals surface area contributed by atoms with E-state index in [1.807, 2.05) is 70.2 Å². The van der Waals surface area contributed by atoms with Crippen molar-refractivity contribution in [1.29, 1.82) is 0 Å². The third kappa shape index (κ3) is 13.1. The molecule has 12 nitrogen and oxygen atoms in total. The van der Waals surface area contributed by atoms with E-state index >= 15 is 0 Å². The maximum Gasteiger partial charge on any atom is 0.408 e. The van der Waals surface area contributed by atoms with Crippen LogP contribution in [-0.2, 0) is 38.6 Å². The fourth-order valence-corrected chi connectivity index (χ4v) is 6.49. The maximum atomic E-state index is 14.2. The number of nitrogens with zero attached hydrogens (tertiary/aromatic N) is 1. The van der Waals surface area contributed by atoms with Crippen molar-refractivity contribution in [3.8, 4) is 5.75 Å². The molecule has 0 fully saturated rings. The molecule has 0 saturated heterocycles. The van der Waals surface area contributed by atoms with Crippen LogP contribution >= 0.6 is 11.3 Å². The SMILES string of the molecule is CCC(C)CNC(=O)C[C@H](O)[C@H](CC(C)C)NC(=O)C(Cc1cscn1)NC(=O)[C@H](Cc1cccc2ccccc12)NC(=O)OCc1ccc(OC)cc1. The number of aliphatic hydroxyl groups excluding tert-OH is 1. The van der Waals surface area contributed by atoms with E-state index in [2.05, 4.69) is 26.3 Å². The van der Waals surface area contributed by atoms with Crippen LogP contribution < -0.4 is 26.0 Å². The molecule has 0 bridgehead atoms. The Labute approximate surface area is 321 Å². The van der Waals surface area contributed by atoms with Crippen molar-refractivity contribution in [2.45, 2.75) is 90.6 Å². The molecule has 1 aromatic heterocycles. The predicted octanol–water partition coefficient (Wildman–Crippen LogP) is 5.31. The van der Waals surface area contributed by atoms with Crippen molar-refractivity contribution >= 4 is 45.9 Å². The summed E-state index contributed by atoms with van der Waals surface area (Å²) in [4.78, 5) is 58.5. The molecule has 1 heterocycles. The molecule has 2 unspecified atom stereocenters. The fourth-order valence-electron chi connectivity index (χ4n) is 5.92. The van der Waals surface area contributed by atoms with Crippen LogP contribution in [-0.4, -0.2) is 71.8 Å². The van der Waals surface area contributed by atoms with Crippen LogP contribution in [0.3, 0.4) is 0 Å². The first-order valence-electron chi connectivity index (χ1n) is 18.4. The van der Waals surface area contributed by atoms with E-state index in [1.165, 1.54) is 11.3 Å². The third-order valence-electron chi connectivity index (χ3n) is 9.23. The zero-order valence-corrected chi connectivity index (χ0v) is 32.5. The minimum atomic E-state index is -1.16. The average molecular weight is 760 g/mol. The summed E-state index contributed by atoms with van der Waals surface area (Å²) in [6.45, 7) is 8.44. The lowest BCUT2D eigenvalue weighted by Crippen LogP contribution is -2.57. The summed E-state index contributed by atoms with van der Waals surface area (Å²) in [6, 6.07) is 17.6. The number of benzene rings is 3. The molecule has 4 aromatic rings. The van der Waals surface area contributed by atoms with Crippen molar-refractivity contribution in [1.82, 2.24) is 26.3 Å². The van der Waals surface area contributed by atoms with Crippen molar-refractivity contribution in [3.63, 3.8) is 0 Å². The smallest absolute Gasteiger partial charge is 0.408 e. The van der Waals surface area contributed by atoms with Gasteiger partial charge in [0, 0.05) is 24.8 Å². The van der Waals surface area contributed by atoms with Gasteiger partial charge in [-0.05, 0) is 52.3 Å². The van der Waals surface area contributed by atoms with Gasteiger partial charge >= 0.3 is 6.09 Å². The highest BCUT2D eigenvalue weighted by atomic mass is 32.1. The highest BCUT2D eigenvalue weighted by molar-refractivity contribution is 7.07. The van der Waals surface area contributed by atoms with Crippen molar-refractivity contribution in [2.75, 3.05) is 13.7 Å². The largest absolute Gasteiger partial charge is 0.497 e. The van der Waals surface area contributed by atoms with E-state index in [-0.39, 0.29) is 37.7 Å². The lowest BCUT2D eigenvalue weighted by atomic mass is 9.96. The van der Waals surface area contributed by atoms with Crippen LogP contribution in [0.5, 0.6) is 5.75 Å². The number of fused-ring (bicyclic) bond motifs is 1. The number of carbonyl (C=O) groups excluding carboxylic acids is 4. The van der Waals surface area contributed by atoms with Gasteiger partial charge in [-0.25, -0.2) is 9.78 Å². The van der Waals surface area contributed by atoms with Crippen molar-refractivity contribution < 1.29 is 33.8 Å². The lowest BCUT2D eigenvalue weighted by Gasteiger charge is -2.29. The highest BCUT2D eigenvalue weighted by Crippen LogP contribution is 2.21. The van der Waals surface area contributed by atoms with Crippen LogP contribution in [0.2, 0.25) is 0 Å². The van der Waals surface area contributed by atoms with Gasteiger partial charge in [0.15, 0.2) is 0 Å². The number of alkyl carbamates (subject to hydrolysis) is 1. The van der Waals surface area contributed by atoms with Gasteiger partial charge in [0.25, 0.3) is 0 Å². The summed E-state index contributed by atoms with van der Waals surface area (Å²) in [7, 11) is 1.56. The van der Waals surface area contributed by atoms with Crippen LogP contribution in [0.25, 0.3) is 10.8 Å². The summed E-state index contributed by atoms with van der Waals surface area (Å²) >= 11 is 1.36. The Hall–Kier alpha value is -5.01. The minimum Gasteiger partial charge on any atom is -0.497 e. The number of ether oxygens (including phenoxy) is 2. The second-order valence-electron chi connectivity index (χ2n) is 14.0. The van der Waals surface area contributed by atoms with Gasteiger partial charge < -0.3 is 35.8 Å². The molecule has 0 aliphatic heterocycles. The molecule has 5 N–H and O–H groups in total. The van der Waals surface area contributed by atoms with E-state index in [0.29, 0.717) is 30.3 Å². The Morgan fingerprint density at radius 2 is 1.57 bits per heavy atom. The minimum absolute atomic E-state index is 0.0392. The first kappa shape index (κ1) is 41.7. The van der Waals surface area contributed by atoms with E-state index in [9.17, 15) is 24.3 Å². The van der Waals surface area contributed by atoms with Crippen molar-refractivity contribution in [2.24, 2.45) is 11.8 Å². The molecular weight excluding hydrogens is 707 g/mol. The van der Waals surface area contributed by atoms with E-state index in [0.717, 1.165) is 28.3 Å². The molecular formula is C41H53N5O7S. The molecule has 0 radical (unpaired) electrons. The van der Waals surface area contributed by atoms with Gasteiger partial charge in [0.1, 0.15) is 24.4 Å². The Balaban J connectivity index is 1.55. The van der Waals surface area contributed by atoms with Crippen LogP contribution in [0.4, 0.5) is 4.79 Å². The number of rotatable bonds is 20. The number of methoxy groups -OCH3 is 1. The first-order chi connectivity index (χ1) is 25.9. The molecule has 0 spiro atoms. The van der Waals surface area contributed by atoms with Crippen LogP contribution in [0, 0.1) is 11.8 Å². The number of aliphatic hydroxyl groups is 1. The maximum absolute atomic E-state index is 14.2. The first-order valence-corrected chi connectivity index (χ1v) is 19.3. The lowest BCUT2D eigenvalue weighted by molar-refractivity contribution is -0.131. The van der Waals surface area contributed by atoms with Gasteiger partial charge in [0.05, 0.1) is 36.9 Å². The van der Waals surface area contributed by atoms with Gasteiger partial charge in [-0.1, -0.05) is 88.7 Å². The molecule has 54 heavy (non-hydrogen) atoms. The quantitative estimate of drug-likeness (QED) is 0.0808. The highest BCUT2D eigenvalue weighted by Gasteiger charge is 2.32. The van der Waals surface area contributed by atoms with Gasteiger partial charge in [0.2, 0.25) is 17.7 Å². The number of aromatic nitrogens is 1. The molecule has 4 amide bonds. The monoisotopic (exact) mass is 759 g/mol. The van der Waals surface area contributed by atoms with E-state index in [4.69, 9.17) is 9.47 Å². The zero-order valence-electron chi connectivity index (χ0n) is 31.7. The third-order valence-corrected chi connectivity index (χ3v) is 9.86. The fraction of sp³-hybridized carbons (Fsp3) is 0.439. The number of hydrogen-bond donors (Lipinski definition) is 5. The Morgan fingerprint density at radius 3 is 2.26 bits per heavy atom. The number of thiazole rings is 1. The molecule has 3 aromatic carbocycles. The topological polar surface area (TPSA) is 168 Å². The number of carbonyl (C=O) groups is 4. The van der Waals surface area contributed by atoms with Crippen LogP contribution in [0.1, 0.15) is 63.8 Å². The standard InChI is InChI=1S/C41H53N5O7S/c1-6-27(4)22-42-38(48)21-37(47)34(18-26(2)3)44-40(50)36(20-31-24-54-25-43-31)45-39(49)35(19-30-12-9-11-29-10-7-8-13-33(29)30)46-41(51)53-23-28-14-16-32(52-5)17-15-28/h7-17,24-27,34-37,47H,6,18-23H2,1-5H3,(H,42,48)(H,44,50)(H,45,49)(H,46,51)/t27?,34-,35-,36?,37-/m0/s1.